The van der Waals surface area contributed by atoms with E-state index in [2.05, 4.69) is 27.5 Å². The number of aromatic nitrogens is 1. The molecule has 1 spiro atoms. The predicted octanol–water partition coefficient (Wildman–Crippen LogP) is 5.10. The van der Waals surface area contributed by atoms with Crippen molar-refractivity contribution in [3.05, 3.63) is 41.6 Å². The number of esters is 1. The number of halogens is 3. The summed E-state index contributed by atoms with van der Waals surface area (Å²) in [6.45, 7) is 6.68. The summed E-state index contributed by atoms with van der Waals surface area (Å²) in [7, 11) is 0. The number of aliphatic hydroxyl groups excluding tert-OH is 1. The van der Waals surface area contributed by atoms with Crippen molar-refractivity contribution in [2.45, 2.75) is 121 Å². The van der Waals surface area contributed by atoms with Crippen LogP contribution in [0.25, 0.3) is 10.9 Å². The van der Waals surface area contributed by atoms with Crippen molar-refractivity contribution in [1.82, 2.24) is 20.5 Å². The molecule has 1 saturated heterocycles. The Balaban J connectivity index is 1.39. The monoisotopic (exact) mass is 784 g/mol. The minimum absolute atomic E-state index is 0.0346. The number of hydrogen-bond donors (Lipinski definition) is 3. The number of aliphatic hydroxyl groups is 1. The molecule has 6 unspecified atom stereocenters. The van der Waals surface area contributed by atoms with Crippen molar-refractivity contribution < 1.29 is 56.4 Å². The first-order chi connectivity index (χ1) is 26.3. The average Bonchev–Trinajstić information content (AvgIpc) is 3.46. The van der Waals surface area contributed by atoms with Crippen molar-refractivity contribution in [1.29, 1.82) is 0 Å². The third kappa shape index (κ3) is 8.52. The van der Waals surface area contributed by atoms with E-state index in [-0.39, 0.29) is 49.5 Å². The Hall–Kier alpha value is -5.04. The lowest BCUT2D eigenvalue weighted by Gasteiger charge is -2.39. The van der Waals surface area contributed by atoms with Crippen molar-refractivity contribution in [2.24, 2.45) is 5.92 Å². The molecule has 1 fully saturated rings. The third-order valence-corrected chi connectivity index (χ3v) is 10.2. The van der Waals surface area contributed by atoms with Crippen LogP contribution in [0.2, 0.25) is 0 Å². The highest BCUT2D eigenvalue weighted by Crippen LogP contribution is 2.49. The van der Waals surface area contributed by atoms with Gasteiger partial charge in [0.15, 0.2) is 6.61 Å². The van der Waals surface area contributed by atoms with E-state index in [1.807, 2.05) is 6.08 Å². The van der Waals surface area contributed by atoms with Crippen LogP contribution in [0, 0.1) is 24.7 Å². The number of pyridine rings is 1. The smallest absolute Gasteiger partial charge is 0.422 e. The van der Waals surface area contributed by atoms with Gasteiger partial charge >= 0.3 is 18.2 Å². The van der Waals surface area contributed by atoms with Crippen molar-refractivity contribution in [2.75, 3.05) is 19.8 Å². The Morgan fingerprint density at radius 3 is 2.61 bits per heavy atom. The molecular weight excluding hydrogens is 737 g/mol. The highest BCUT2D eigenvalue weighted by Gasteiger charge is 2.58. The van der Waals surface area contributed by atoms with Gasteiger partial charge in [-0.25, -0.2) is 14.6 Å². The van der Waals surface area contributed by atoms with Crippen LogP contribution in [0.3, 0.4) is 0 Å². The van der Waals surface area contributed by atoms with Crippen LogP contribution >= 0.6 is 0 Å². The summed E-state index contributed by atoms with van der Waals surface area (Å²) in [6.07, 6.45) is -0.335. The minimum Gasteiger partial charge on any atom is -0.484 e. The quantitative estimate of drug-likeness (QED) is 0.211. The van der Waals surface area contributed by atoms with Gasteiger partial charge in [0.2, 0.25) is 17.4 Å². The molecule has 1 aromatic carbocycles. The average molecular weight is 785 g/mol. The Labute approximate surface area is 322 Å². The molecule has 3 N–H and O–H groups in total. The molecule has 4 aliphatic rings. The summed E-state index contributed by atoms with van der Waals surface area (Å²) in [5, 5.41) is 17.7. The molecule has 2 aromatic rings. The molecule has 3 aliphatic heterocycles. The van der Waals surface area contributed by atoms with Crippen LogP contribution in [0.15, 0.2) is 30.4 Å². The van der Waals surface area contributed by atoms with Crippen LogP contribution in [0.5, 0.6) is 11.5 Å². The zero-order chi connectivity index (χ0) is 40.6. The van der Waals surface area contributed by atoms with E-state index in [1.165, 1.54) is 23.1 Å². The molecule has 0 bridgehead atoms. The number of nitrogens with zero attached hydrogens (tertiary/aromatic N) is 2. The molecule has 3 amide bonds. The molecule has 6 rings (SSSR count). The zero-order valence-electron chi connectivity index (χ0n) is 32.0. The number of benzene rings is 1. The first-order valence-corrected chi connectivity index (χ1v) is 18.8. The maximum atomic E-state index is 14.7. The SMILES string of the molecule is CCOC(=O)C12C#CC1C=CCCCCCC(NC(=O)OC(C)(C)C)C(=O)N1CC3(CC(O)c4c(c(C)nc5ccc(OCC(F)(F)F)cc45)O3)CC1C(=O)N2. The molecule has 1 aliphatic carbocycles. The first kappa shape index (κ1) is 40.6. The fraction of sp³-hybridized carbons (Fsp3) is 0.575. The van der Waals surface area contributed by atoms with Gasteiger partial charge in [0.1, 0.15) is 34.8 Å². The Bertz CT molecular complexity index is 1990. The van der Waals surface area contributed by atoms with E-state index < -0.39 is 77.5 Å². The lowest BCUT2D eigenvalue weighted by Crippen LogP contribution is -2.65. The van der Waals surface area contributed by atoms with E-state index in [9.17, 15) is 37.5 Å². The number of carbonyl (C=O) groups excluding carboxylic acids is 4. The lowest BCUT2D eigenvalue weighted by molar-refractivity contribution is -0.153. The van der Waals surface area contributed by atoms with Crippen molar-refractivity contribution >= 4 is 34.8 Å². The van der Waals surface area contributed by atoms with Crippen molar-refractivity contribution in [3.63, 3.8) is 0 Å². The number of hydrogen-bond acceptors (Lipinski definition) is 10. The topological polar surface area (TPSA) is 166 Å². The van der Waals surface area contributed by atoms with Gasteiger partial charge in [-0.3, -0.25) is 9.59 Å². The maximum Gasteiger partial charge on any atom is 0.422 e. The highest BCUT2D eigenvalue weighted by molar-refractivity contribution is 5.98. The van der Waals surface area contributed by atoms with E-state index in [0.717, 1.165) is 6.42 Å². The summed E-state index contributed by atoms with van der Waals surface area (Å²) in [4.78, 5) is 61.6. The second kappa shape index (κ2) is 15.5. The Kier molecular flexibility index (Phi) is 11.2. The van der Waals surface area contributed by atoms with Gasteiger partial charge in [0.25, 0.3) is 0 Å². The summed E-state index contributed by atoms with van der Waals surface area (Å²) in [5.41, 5.74) is -2.92. The van der Waals surface area contributed by atoms with E-state index >= 15 is 0 Å². The van der Waals surface area contributed by atoms with Gasteiger partial charge in [0, 0.05) is 23.8 Å². The van der Waals surface area contributed by atoms with Gasteiger partial charge < -0.3 is 39.6 Å². The Morgan fingerprint density at radius 2 is 1.93 bits per heavy atom. The number of allylic oxidation sites excluding steroid dienone is 1. The van der Waals surface area contributed by atoms with Crippen LogP contribution in [0.1, 0.15) is 90.0 Å². The fourth-order valence-electron chi connectivity index (χ4n) is 7.72. The van der Waals surface area contributed by atoms with Crippen LogP contribution in [0.4, 0.5) is 18.0 Å². The van der Waals surface area contributed by atoms with Gasteiger partial charge in [0.05, 0.1) is 36.4 Å². The van der Waals surface area contributed by atoms with E-state index in [1.54, 1.807) is 40.7 Å². The summed E-state index contributed by atoms with van der Waals surface area (Å²) in [6, 6.07) is 1.84. The molecule has 16 heteroatoms. The number of rotatable bonds is 5. The van der Waals surface area contributed by atoms with Crippen LogP contribution in [-0.4, -0.2) is 93.6 Å². The number of alkyl carbamates (subject to hydrolysis) is 1. The molecule has 4 heterocycles. The second-order valence-electron chi connectivity index (χ2n) is 15.7. The first-order valence-electron chi connectivity index (χ1n) is 18.8. The normalized spacial score (nSPS) is 27.8. The molecule has 302 valence electrons. The van der Waals surface area contributed by atoms with Crippen LogP contribution < -0.4 is 20.1 Å². The number of amides is 3. The fourth-order valence-corrected chi connectivity index (χ4v) is 7.72. The molecule has 6 atom stereocenters. The lowest BCUT2D eigenvalue weighted by atomic mass is 9.76. The molecule has 0 radical (unpaired) electrons. The number of ether oxygens (including phenoxy) is 4. The summed E-state index contributed by atoms with van der Waals surface area (Å²) in [5.74, 6) is 3.08. The van der Waals surface area contributed by atoms with E-state index in [0.29, 0.717) is 35.9 Å². The minimum atomic E-state index is -4.57. The zero-order valence-corrected chi connectivity index (χ0v) is 32.0. The predicted molar refractivity (Wildman–Crippen MR) is 195 cm³/mol. The van der Waals surface area contributed by atoms with E-state index in [4.69, 9.17) is 18.9 Å². The largest absolute Gasteiger partial charge is 0.484 e. The molecule has 1 aromatic heterocycles. The highest BCUT2D eigenvalue weighted by atomic mass is 19.4. The number of aryl methyl sites for hydroxylation is 1. The number of carbonyl (C=O) groups is 4. The van der Waals surface area contributed by atoms with Gasteiger partial charge in [-0.1, -0.05) is 36.8 Å². The molecule has 13 nitrogen and oxygen atoms in total. The van der Waals surface area contributed by atoms with Gasteiger partial charge in [-0.05, 0) is 72.1 Å². The Morgan fingerprint density at radius 1 is 1.16 bits per heavy atom. The number of nitrogens with one attached hydrogen (secondary N) is 2. The van der Waals surface area contributed by atoms with Gasteiger partial charge in [-0.2, -0.15) is 13.2 Å². The molecule has 56 heavy (non-hydrogen) atoms. The summed E-state index contributed by atoms with van der Waals surface area (Å²) < 4.78 is 61.4. The molecule has 0 saturated carbocycles. The summed E-state index contributed by atoms with van der Waals surface area (Å²) >= 11 is 0. The second-order valence-corrected chi connectivity index (χ2v) is 15.7. The standard InChI is InChI=1S/C40H47F3N4O9/c1-6-53-35(51)39-17-16-24(39)12-10-8-7-9-11-13-28(45-36(52)56-37(3,4)5)34(50)47-21-38(19-29(47)33(49)46-39)20-30(48)31-26-18-25(54-22-40(41,42)43)14-15-27(26)44-23(2)32(31)55-38/h10,12,14-15,18,24,28-30,48H,6-9,11,13,19-22H2,1-5H3,(H,45,52)(H,46,49). The third-order valence-electron chi connectivity index (χ3n) is 10.2. The van der Waals surface area contributed by atoms with Crippen molar-refractivity contribution in [3.8, 4) is 23.3 Å². The maximum absolute atomic E-state index is 14.7. The van der Waals surface area contributed by atoms with Gasteiger partial charge in [-0.15, -0.1) is 0 Å². The number of alkyl halides is 3. The van der Waals surface area contributed by atoms with Crippen LogP contribution in [-0.2, 0) is 23.9 Å². The number of fused-ring (bicyclic) bond motifs is 5. The molecular formula is C40H47F3N4O9.